The highest BCUT2D eigenvalue weighted by Gasteiger charge is 2.16. The van der Waals surface area contributed by atoms with E-state index < -0.39 is 5.97 Å². The number of rotatable bonds is 7. The Balaban J connectivity index is 1.72. The minimum atomic E-state index is -0.465. The molecule has 0 saturated heterocycles. The van der Waals surface area contributed by atoms with Gasteiger partial charge in [0.15, 0.2) is 6.73 Å². The lowest BCUT2D eigenvalue weighted by atomic mass is 10.1. The van der Waals surface area contributed by atoms with Crippen LogP contribution in [0, 0.1) is 0 Å². The fourth-order valence-electron chi connectivity index (χ4n) is 3.06. The van der Waals surface area contributed by atoms with Gasteiger partial charge in [0.2, 0.25) is 0 Å². The normalized spacial score (nSPS) is 13.2. The van der Waals surface area contributed by atoms with Crippen LogP contribution in [0.3, 0.4) is 0 Å². The van der Waals surface area contributed by atoms with Gasteiger partial charge in [-0.2, -0.15) is 0 Å². The highest BCUT2D eigenvalue weighted by molar-refractivity contribution is 5.94. The number of hydrogen-bond acceptors (Lipinski definition) is 6. The Morgan fingerprint density at radius 1 is 1.31 bits per heavy atom. The van der Waals surface area contributed by atoms with E-state index in [4.69, 9.17) is 9.47 Å². The van der Waals surface area contributed by atoms with Crippen LogP contribution in [0.2, 0.25) is 0 Å². The fraction of sp³-hybridized carbons (Fsp3) is 0.333. The molecule has 2 heterocycles. The summed E-state index contributed by atoms with van der Waals surface area (Å²) in [6.45, 7) is 0.650. The molecule has 8 nitrogen and oxygen atoms in total. The van der Waals surface area contributed by atoms with E-state index in [-0.39, 0.29) is 12.8 Å². The summed E-state index contributed by atoms with van der Waals surface area (Å²) in [5.74, 6) is 0.202. The van der Waals surface area contributed by atoms with Gasteiger partial charge < -0.3 is 25.0 Å². The predicted octanol–water partition coefficient (Wildman–Crippen LogP) is 2.20. The number of carbonyl (C=O) groups excluding carboxylic acids is 2. The maximum atomic E-state index is 12.7. The van der Waals surface area contributed by atoms with Crippen LogP contribution in [0.4, 0.5) is 4.79 Å². The fourth-order valence-corrected chi connectivity index (χ4v) is 3.06. The van der Waals surface area contributed by atoms with Gasteiger partial charge in [-0.05, 0) is 44.4 Å². The number of hydrogen-bond donors (Lipinski definition) is 2. The summed E-state index contributed by atoms with van der Waals surface area (Å²) in [6.07, 6.45) is 8.29. The van der Waals surface area contributed by atoms with Crippen LogP contribution in [-0.2, 0) is 16.0 Å². The predicted molar refractivity (Wildman–Crippen MR) is 111 cm³/mol. The van der Waals surface area contributed by atoms with Gasteiger partial charge in [0, 0.05) is 36.8 Å². The summed E-state index contributed by atoms with van der Waals surface area (Å²) in [7, 11) is 5.61. The first-order valence-electron chi connectivity index (χ1n) is 9.37. The molecule has 1 aliphatic rings. The van der Waals surface area contributed by atoms with Gasteiger partial charge in [-0.1, -0.05) is 6.08 Å². The molecule has 0 radical (unpaired) electrons. The van der Waals surface area contributed by atoms with Crippen LogP contribution >= 0.6 is 0 Å². The van der Waals surface area contributed by atoms with Crippen molar-refractivity contribution in [3.63, 3.8) is 0 Å². The van der Waals surface area contributed by atoms with Gasteiger partial charge in [-0.3, -0.25) is 4.57 Å². The van der Waals surface area contributed by atoms with Crippen molar-refractivity contribution in [1.29, 1.82) is 0 Å². The first kappa shape index (κ1) is 20.5. The van der Waals surface area contributed by atoms with E-state index in [1.54, 1.807) is 19.5 Å². The van der Waals surface area contributed by atoms with E-state index in [1.807, 2.05) is 44.6 Å². The number of aromatic nitrogens is 1. The average molecular weight is 398 g/mol. The Labute approximate surface area is 169 Å². The number of dihydropyridines is 1. The van der Waals surface area contributed by atoms with Crippen LogP contribution in [0.5, 0.6) is 5.75 Å². The van der Waals surface area contributed by atoms with Crippen molar-refractivity contribution in [3.8, 4) is 5.75 Å². The molecule has 8 heteroatoms. The zero-order valence-electron chi connectivity index (χ0n) is 16.9. The Morgan fingerprint density at radius 3 is 2.83 bits per heavy atom. The second-order valence-corrected chi connectivity index (χ2v) is 6.96. The molecule has 154 valence electrons. The molecular formula is C21H26N4O4. The molecule has 1 aromatic heterocycles. The molecule has 0 fully saturated rings. The smallest absolute Gasteiger partial charge is 0.337 e. The third-order valence-electron chi connectivity index (χ3n) is 4.64. The number of methoxy groups -OCH3 is 1. The zero-order valence-corrected chi connectivity index (χ0v) is 16.9. The summed E-state index contributed by atoms with van der Waals surface area (Å²) in [4.78, 5) is 26.9. The molecular weight excluding hydrogens is 372 g/mol. The van der Waals surface area contributed by atoms with Gasteiger partial charge in [0.25, 0.3) is 0 Å². The van der Waals surface area contributed by atoms with Gasteiger partial charge in [-0.25, -0.2) is 9.59 Å². The maximum absolute atomic E-state index is 12.7. The van der Waals surface area contributed by atoms with E-state index in [9.17, 15) is 9.59 Å². The second-order valence-electron chi connectivity index (χ2n) is 6.96. The molecule has 1 amide bonds. The van der Waals surface area contributed by atoms with Crippen molar-refractivity contribution < 1.29 is 19.1 Å². The largest absolute Gasteiger partial charge is 0.497 e. The van der Waals surface area contributed by atoms with Crippen molar-refractivity contribution >= 4 is 22.9 Å². The van der Waals surface area contributed by atoms with Crippen molar-refractivity contribution in [2.24, 2.45) is 0 Å². The lowest BCUT2D eigenvalue weighted by molar-refractivity contribution is -0.139. The molecule has 0 aliphatic carbocycles. The first-order chi connectivity index (χ1) is 14.0. The third-order valence-corrected chi connectivity index (χ3v) is 4.64. The molecule has 29 heavy (non-hydrogen) atoms. The number of amides is 1. The Bertz CT molecular complexity index is 959. The standard InChI is InChI=1S/C21H26N4O4/c1-24(2)10-8-16-13-25(19-11-17(28-3)6-7-18(16)19)21(27)23-14-29-20(26)15-5-4-9-22-12-15/h4,6-7,9,11-13,22H,5,8,10,14H2,1-3H3,(H,23,27). The molecule has 1 aromatic carbocycles. The third kappa shape index (κ3) is 4.97. The molecule has 0 atom stereocenters. The van der Waals surface area contributed by atoms with E-state index in [0.717, 1.165) is 29.4 Å². The summed E-state index contributed by atoms with van der Waals surface area (Å²) in [5.41, 5.74) is 2.31. The monoisotopic (exact) mass is 398 g/mol. The number of carbonyl (C=O) groups is 2. The quantitative estimate of drug-likeness (QED) is 0.550. The Hall–Kier alpha value is -3.26. The number of fused-ring (bicyclic) bond motifs is 1. The van der Waals surface area contributed by atoms with Crippen molar-refractivity contribution in [1.82, 2.24) is 20.1 Å². The van der Waals surface area contributed by atoms with Crippen molar-refractivity contribution in [2.45, 2.75) is 12.8 Å². The molecule has 1 aliphatic heterocycles. The van der Waals surface area contributed by atoms with Gasteiger partial charge in [0.05, 0.1) is 18.2 Å². The maximum Gasteiger partial charge on any atom is 0.337 e. The lowest BCUT2D eigenvalue weighted by Crippen LogP contribution is -2.31. The minimum absolute atomic E-state index is 0.213. The minimum Gasteiger partial charge on any atom is -0.497 e. The summed E-state index contributed by atoms with van der Waals surface area (Å²) in [6, 6.07) is 5.29. The number of nitrogens with one attached hydrogen (secondary N) is 2. The highest BCUT2D eigenvalue weighted by Crippen LogP contribution is 2.26. The number of esters is 1. The Kier molecular flexibility index (Phi) is 6.56. The molecule has 3 rings (SSSR count). The molecule has 0 saturated carbocycles. The average Bonchev–Trinajstić information content (AvgIpc) is 3.10. The van der Waals surface area contributed by atoms with Crippen LogP contribution in [0.15, 0.2) is 48.4 Å². The molecule has 2 aromatic rings. The number of ether oxygens (including phenoxy) is 2. The van der Waals surface area contributed by atoms with Crippen molar-refractivity contribution in [3.05, 3.63) is 54.0 Å². The van der Waals surface area contributed by atoms with E-state index in [1.165, 1.54) is 4.57 Å². The van der Waals surface area contributed by atoms with Gasteiger partial charge in [0.1, 0.15) is 5.75 Å². The molecule has 0 unspecified atom stereocenters. The van der Waals surface area contributed by atoms with Gasteiger partial charge in [-0.15, -0.1) is 0 Å². The Morgan fingerprint density at radius 2 is 2.14 bits per heavy atom. The zero-order chi connectivity index (χ0) is 20.8. The topological polar surface area (TPSA) is 84.8 Å². The SMILES string of the molecule is COc1ccc2c(CCN(C)C)cn(C(=O)NCOC(=O)C3=CNC=CC3)c2c1. The summed E-state index contributed by atoms with van der Waals surface area (Å²) < 4.78 is 12.0. The number of benzene rings is 1. The second kappa shape index (κ2) is 9.29. The van der Waals surface area contributed by atoms with Crippen LogP contribution < -0.4 is 15.4 Å². The van der Waals surface area contributed by atoms with E-state index >= 15 is 0 Å². The molecule has 2 N–H and O–H groups in total. The number of likely N-dealkylation sites (N-methyl/N-ethyl adjacent to an activating group) is 1. The van der Waals surface area contributed by atoms with Crippen molar-refractivity contribution in [2.75, 3.05) is 34.5 Å². The summed E-state index contributed by atoms with van der Waals surface area (Å²) in [5, 5.41) is 6.48. The lowest BCUT2D eigenvalue weighted by Gasteiger charge is -2.11. The van der Waals surface area contributed by atoms with Gasteiger partial charge >= 0.3 is 12.0 Å². The molecule has 0 spiro atoms. The number of nitrogens with zero attached hydrogens (tertiary/aromatic N) is 2. The van der Waals surface area contributed by atoms with E-state index in [0.29, 0.717) is 17.7 Å². The molecule has 0 bridgehead atoms. The first-order valence-corrected chi connectivity index (χ1v) is 9.37. The number of allylic oxidation sites excluding steroid dienone is 1. The van der Waals surface area contributed by atoms with Crippen LogP contribution in [0.25, 0.3) is 10.9 Å². The summed E-state index contributed by atoms with van der Waals surface area (Å²) >= 11 is 0. The van der Waals surface area contributed by atoms with Crippen LogP contribution in [0.1, 0.15) is 12.0 Å². The van der Waals surface area contributed by atoms with E-state index in [2.05, 4.69) is 15.5 Å². The highest BCUT2D eigenvalue weighted by atomic mass is 16.5. The van der Waals surface area contributed by atoms with Crippen LogP contribution in [-0.4, -0.2) is 55.9 Å².